The Hall–Kier alpha value is -1.07. The van der Waals surface area contributed by atoms with E-state index in [0.29, 0.717) is 16.1 Å². The average Bonchev–Trinajstić information content (AvgIpc) is 3.30. The van der Waals surface area contributed by atoms with E-state index in [0.717, 1.165) is 31.8 Å². The van der Waals surface area contributed by atoms with E-state index in [-0.39, 0.29) is 6.10 Å². The van der Waals surface area contributed by atoms with E-state index in [2.05, 4.69) is 14.5 Å². The van der Waals surface area contributed by atoms with Crippen molar-refractivity contribution in [2.24, 2.45) is 0 Å². The van der Waals surface area contributed by atoms with Crippen LogP contribution in [0, 0.1) is 0 Å². The van der Waals surface area contributed by atoms with Crippen molar-refractivity contribution in [2.45, 2.75) is 31.5 Å². The molecule has 1 atom stereocenters. The van der Waals surface area contributed by atoms with Gasteiger partial charge in [-0.25, -0.2) is 4.98 Å². The van der Waals surface area contributed by atoms with Gasteiger partial charge in [0.25, 0.3) is 0 Å². The lowest BCUT2D eigenvalue weighted by Crippen LogP contribution is -2.38. The molecule has 0 radical (unpaired) electrons. The smallest absolute Gasteiger partial charge is 0.0953 e. The normalized spacial score (nSPS) is 22.4. The predicted molar refractivity (Wildman–Crippen MR) is 90.9 cm³/mol. The number of benzene rings is 1. The summed E-state index contributed by atoms with van der Waals surface area (Å²) in [5.74, 6) is 0. The van der Waals surface area contributed by atoms with Gasteiger partial charge in [0.15, 0.2) is 0 Å². The van der Waals surface area contributed by atoms with Crippen molar-refractivity contribution in [2.75, 3.05) is 19.7 Å². The van der Waals surface area contributed by atoms with Crippen LogP contribution in [0.5, 0.6) is 0 Å². The van der Waals surface area contributed by atoms with Crippen LogP contribution in [0.25, 0.3) is 0 Å². The van der Waals surface area contributed by atoms with Crippen molar-refractivity contribution >= 4 is 23.2 Å². The zero-order valence-electron chi connectivity index (χ0n) is 12.8. The minimum atomic E-state index is 0.0378. The van der Waals surface area contributed by atoms with E-state index in [1.54, 1.807) is 0 Å². The molecule has 4 nitrogen and oxygen atoms in total. The molecule has 23 heavy (non-hydrogen) atoms. The third-order valence-electron chi connectivity index (χ3n) is 4.54. The third kappa shape index (κ3) is 3.41. The monoisotopic (exact) mass is 351 g/mol. The summed E-state index contributed by atoms with van der Waals surface area (Å²) in [5, 5.41) is 1.16. The van der Waals surface area contributed by atoms with Gasteiger partial charge in [0, 0.05) is 31.9 Å². The Bertz CT molecular complexity index is 699. The highest BCUT2D eigenvalue weighted by Gasteiger charge is 2.27. The van der Waals surface area contributed by atoms with Gasteiger partial charge in [0.2, 0.25) is 0 Å². The second-order valence-corrected chi connectivity index (χ2v) is 7.11. The van der Waals surface area contributed by atoms with Crippen molar-refractivity contribution in [3.05, 3.63) is 52.0 Å². The SMILES string of the molecule is Clc1ccc([C@@H]2CN(Cc3cncn3C3CC3)CCO2)cc1Cl. The Morgan fingerprint density at radius 3 is 2.87 bits per heavy atom. The number of ether oxygens (including phenoxy) is 1. The first-order valence-corrected chi connectivity index (χ1v) is 8.76. The van der Waals surface area contributed by atoms with E-state index in [1.165, 1.54) is 18.5 Å². The summed E-state index contributed by atoms with van der Waals surface area (Å²) in [6, 6.07) is 6.41. The number of imidazole rings is 1. The molecule has 1 saturated carbocycles. The lowest BCUT2D eigenvalue weighted by atomic mass is 10.1. The zero-order chi connectivity index (χ0) is 15.8. The molecule has 1 aromatic carbocycles. The van der Waals surface area contributed by atoms with Crippen LogP contribution in [0.2, 0.25) is 10.0 Å². The number of morpholine rings is 1. The van der Waals surface area contributed by atoms with Crippen LogP contribution in [0.3, 0.4) is 0 Å². The minimum absolute atomic E-state index is 0.0378. The summed E-state index contributed by atoms with van der Waals surface area (Å²) in [6.45, 7) is 3.43. The molecule has 1 aromatic heterocycles. The zero-order valence-corrected chi connectivity index (χ0v) is 14.3. The highest BCUT2D eigenvalue weighted by atomic mass is 35.5. The van der Waals surface area contributed by atoms with Crippen molar-refractivity contribution in [1.29, 1.82) is 0 Å². The molecule has 0 spiro atoms. The van der Waals surface area contributed by atoms with Crippen LogP contribution >= 0.6 is 23.2 Å². The molecule has 2 aliphatic rings. The molecular weight excluding hydrogens is 333 g/mol. The lowest BCUT2D eigenvalue weighted by Gasteiger charge is -2.33. The molecular formula is C17H19Cl2N3O. The summed E-state index contributed by atoms with van der Waals surface area (Å²) in [7, 11) is 0. The minimum Gasteiger partial charge on any atom is -0.371 e. The molecule has 2 aromatic rings. The van der Waals surface area contributed by atoms with Crippen molar-refractivity contribution in [3.8, 4) is 0 Å². The standard InChI is InChI=1S/C17H19Cl2N3O/c18-15-4-1-12(7-16(15)19)17-10-21(5-6-23-17)9-14-8-20-11-22(14)13-2-3-13/h1,4,7-8,11,13,17H,2-3,5-6,9-10H2/t17-/m0/s1. The topological polar surface area (TPSA) is 30.3 Å². The summed E-state index contributed by atoms with van der Waals surface area (Å²) >= 11 is 12.1. The third-order valence-corrected chi connectivity index (χ3v) is 5.28. The average molecular weight is 352 g/mol. The quantitative estimate of drug-likeness (QED) is 0.830. The van der Waals surface area contributed by atoms with Crippen LogP contribution in [-0.2, 0) is 11.3 Å². The first-order chi connectivity index (χ1) is 11.2. The van der Waals surface area contributed by atoms with E-state index < -0.39 is 0 Å². The van der Waals surface area contributed by atoms with Gasteiger partial charge < -0.3 is 9.30 Å². The van der Waals surface area contributed by atoms with Gasteiger partial charge in [-0.05, 0) is 30.5 Å². The van der Waals surface area contributed by atoms with Crippen molar-refractivity contribution < 1.29 is 4.74 Å². The fraction of sp³-hybridized carbons (Fsp3) is 0.471. The van der Waals surface area contributed by atoms with E-state index in [4.69, 9.17) is 27.9 Å². The van der Waals surface area contributed by atoms with E-state index >= 15 is 0 Å². The van der Waals surface area contributed by atoms with E-state index in [9.17, 15) is 0 Å². The number of hydrogen-bond donors (Lipinski definition) is 0. The Morgan fingerprint density at radius 1 is 1.22 bits per heavy atom. The summed E-state index contributed by atoms with van der Waals surface area (Å²) < 4.78 is 8.26. The Morgan fingerprint density at radius 2 is 2.09 bits per heavy atom. The molecule has 0 unspecified atom stereocenters. The Balaban J connectivity index is 1.46. The Labute approximate surface area is 146 Å². The number of halogens is 2. The molecule has 1 aliphatic carbocycles. The lowest BCUT2D eigenvalue weighted by molar-refractivity contribution is -0.0335. The highest BCUT2D eigenvalue weighted by molar-refractivity contribution is 6.42. The summed E-state index contributed by atoms with van der Waals surface area (Å²) in [4.78, 5) is 6.74. The summed E-state index contributed by atoms with van der Waals surface area (Å²) in [6.07, 6.45) is 6.54. The van der Waals surface area contributed by atoms with Crippen LogP contribution in [0.1, 0.15) is 36.2 Å². The van der Waals surface area contributed by atoms with Gasteiger partial charge in [0.1, 0.15) is 0 Å². The van der Waals surface area contributed by atoms with Crippen LogP contribution in [0.4, 0.5) is 0 Å². The van der Waals surface area contributed by atoms with Gasteiger partial charge in [-0.2, -0.15) is 0 Å². The van der Waals surface area contributed by atoms with Gasteiger partial charge in [0.05, 0.1) is 34.8 Å². The van der Waals surface area contributed by atoms with Crippen molar-refractivity contribution in [3.63, 3.8) is 0 Å². The molecule has 6 heteroatoms. The maximum atomic E-state index is 6.13. The van der Waals surface area contributed by atoms with Gasteiger partial charge in [-0.3, -0.25) is 4.90 Å². The number of rotatable bonds is 4. The second kappa shape index (κ2) is 6.44. The van der Waals surface area contributed by atoms with Gasteiger partial charge in [-0.1, -0.05) is 29.3 Å². The molecule has 4 rings (SSSR count). The van der Waals surface area contributed by atoms with Crippen LogP contribution in [-0.4, -0.2) is 34.1 Å². The van der Waals surface area contributed by atoms with Crippen LogP contribution in [0.15, 0.2) is 30.7 Å². The predicted octanol–water partition coefficient (Wildman–Crippen LogP) is 4.10. The molecule has 1 aliphatic heterocycles. The second-order valence-electron chi connectivity index (χ2n) is 6.29. The fourth-order valence-corrected chi connectivity index (χ4v) is 3.43. The van der Waals surface area contributed by atoms with Crippen LogP contribution < -0.4 is 0 Å². The van der Waals surface area contributed by atoms with Gasteiger partial charge >= 0.3 is 0 Å². The first-order valence-electron chi connectivity index (χ1n) is 8.00. The Kier molecular flexibility index (Phi) is 4.33. The molecule has 122 valence electrons. The maximum Gasteiger partial charge on any atom is 0.0953 e. The summed E-state index contributed by atoms with van der Waals surface area (Å²) in [5.41, 5.74) is 2.38. The maximum absolute atomic E-state index is 6.13. The molecule has 0 N–H and O–H groups in total. The highest BCUT2D eigenvalue weighted by Crippen LogP contribution is 2.36. The van der Waals surface area contributed by atoms with Gasteiger partial charge in [-0.15, -0.1) is 0 Å². The van der Waals surface area contributed by atoms with E-state index in [1.807, 2.05) is 30.7 Å². The fourth-order valence-electron chi connectivity index (χ4n) is 3.13. The molecule has 0 bridgehead atoms. The molecule has 2 heterocycles. The largest absolute Gasteiger partial charge is 0.371 e. The molecule has 0 amide bonds. The number of aromatic nitrogens is 2. The first kappa shape index (κ1) is 15.5. The molecule has 2 fully saturated rings. The number of hydrogen-bond acceptors (Lipinski definition) is 3. The number of nitrogens with zero attached hydrogens (tertiary/aromatic N) is 3. The molecule has 1 saturated heterocycles. The van der Waals surface area contributed by atoms with Crippen molar-refractivity contribution in [1.82, 2.24) is 14.5 Å².